The Hall–Kier alpha value is -1.58. The van der Waals surface area contributed by atoms with E-state index in [0.717, 1.165) is 17.9 Å². The lowest BCUT2D eigenvalue weighted by Crippen LogP contribution is -2.21. The van der Waals surface area contributed by atoms with Crippen LogP contribution in [-0.2, 0) is 13.2 Å². The van der Waals surface area contributed by atoms with Crippen LogP contribution in [0.5, 0.6) is 5.75 Å². The van der Waals surface area contributed by atoms with Crippen LogP contribution in [-0.4, -0.2) is 11.0 Å². The number of halogens is 1. The topological polar surface area (TPSA) is 34.1 Å². The summed E-state index contributed by atoms with van der Waals surface area (Å²) in [7, 11) is 0. The van der Waals surface area contributed by atoms with Crippen molar-refractivity contribution in [2.75, 3.05) is 0 Å². The van der Waals surface area contributed by atoms with Gasteiger partial charge >= 0.3 is 0 Å². The first-order valence-electron chi connectivity index (χ1n) is 6.68. The lowest BCUT2D eigenvalue weighted by Gasteiger charge is -2.10. The van der Waals surface area contributed by atoms with Gasteiger partial charge in [-0.05, 0) is 23.8 Å². The minimum atomic E-state index is 0.449. The fourth-order valence-corrected chi connectivity index (χ4v) is 1.88. The number of pyridine rings is 1. The number of rotatable bonds is 6. The van der Waals surface area contributed by atoms with Crippen LogP contribution in [0.15, 0.2) is 42.7 Å². The van der Waals surface area contributed by atoms with Gasteiger partial charge in [-0.2, -0.15) is 0 Å². The van der Waals surface area contributed by atoms with Gasteiger partial charge in [0.15, 0.2) is 0 Å². The molecule has 1 heterocycles. The quantitative estimate of drug-likeness (QED) is 0.878. The molecule has 3 nitrogen and oxygen atoms in total. The molecule has 0 aliphatic heterocycles. The molecule has 0 atom stereocenters. The van der Waals surface area contributed by atoms with E-state index in [2.05, 4.69) is 36.3 Å². The molecule has 0 unspecified atom stereocenters. The number of hydrogen-bond donors (Lipinski definition) is 1. The van der Waals surface area contributed by atoms with Crippen molar-refractivity contribution in [2.24, 2.45) is 0 Å². The minimum absolute atomic E-state index is 0.449. The van der Waals surface area contributed by atoms with E-state index in [0.29, 0.717) is 17.7 Å². The monoisotopic (exact) mass is 290 g/mol. The predicted molar refractivity (Wildman–Crippen MR) is 82.0 cm³/mol. The van der Waals surface area contributed by atoms with Gasteiger partial charge in [0.2, 0.25) is 0 Å². The average Bonchev–Trinajstić information content (AvgIpc) is 2.45. The van der Waals surface area contributed by atoms with Crippen LogP contribution in [0.4, 0.5) is 0 Å². The molecule has 0 fully saturated rings. The second-order valence-electron chi connectivity index (χ2n) is 4.94. The predicted octanol–water partition coefficient (Wildman–Crippen LogP) is 3.81. The maximum Gasteiger partial charge on any atom is 0.119 e. The van der Waals surface area contributed by atoms with Crippen LogP contribution in [0.1, 0.15) is 25.0 Å². The Morgan fingerprint density at radius 2 is 1.95 bits per heavy atom. The molecule has 106 valence electrons. The van der Waals surface area contributed by atoms with Gasteiger partial charge in [0.25, 0.3) is 0 Å². The van der Waals surface area contributed by atoms with Crippen LogP contribution in [0.2, 0.25) is 5.02 Å². The Kier molecular flexibility index (Phi) is 5.39. The Morgan fingerprint density at radius 3 is 2.60 bits per heavy atom. The second-order valence-corrected chi connectivity index (χ2v) is 5.34. The highest BCUT2D eigenvalue weighted by atomic mass is 35.5. The molecule has 0 amide bonds. The molecule has 1 N–H and O–H groups in total. The van der Waals surface area contributed by atoms with Crippen molar-refractivity contribution < 1.29 is 4.74 Å². The highest BCUT2D eigenvalue weighted by Crippen LogP contribution is 2.18. The van der Waals surface area contributed by atoms with Crippen LogP contribution in [0.3, 0.4) is 0 Å². The first-order chi connectivity index (χ1) is 9.65. The van der Waals surface area contributed by atoms with E-state index in [1.807, 2.05) is 18.2 Å². The maximum atomic E-state index is 6.04. The van der Waals surface area contributed by atoms with Crippen molar-refractivity contribution in [2.45, 2.75) is 33.0 Å². The molecule has 0 spiro atoms. The van der Waals surface area contributed by atoms with Crippen molar-refractivity contribution in [3.8, 4) is 5.75 Å². The van der Waals surface area contributed by atoms with E-state index >= 15 is 0 Å². The summed E-state index contributed by atoms with van der Waals surface area (Å²) in [6.45, 7) is 5.59. The molecule has 20 heavy (non-hydrogen) atoms. The Balaban J connectivity index is 1.89. The van der Waals surface area contributed by atoms with E-state index in [1.165, 1.54) is 5.56 Å². The molecule has 2 rings (SSSR count). The van der Waals surface area contributed by atoms with Gasteiger partial charge in [-0.3, -0.25) is 4.98 Å². The molecule has 0 saturated heterocycles. The van der Waals surface area contributed by atoms with Crippen molar-refractivity contribution in [3.63, 3.8) is 0 Å². The second kappa shape index (κ2) is 7.27. The normalized spacial score (nSPS) is 10.8. The zero-order valence-electron chi connectivity index (χ0n) is 11.8. The van der Waals surface area contributed by atoms with Crippen LogP contribution >= 0.6 is 11.6 Å². The molecular formula is C16H19ClN2O. The highest BCUT2D eigenvalue weighted by molar-refractivity contribution is 6.31. The fraction of sp³-hybridized carbons (Fsp3) is 0.312. The van der Waals surface area contributed by atoms with Crippen molar-refractivity contribution in [3.05, 3.63) is 58.9 Å². The zero-order chi connectivity index (χ0) is 14.4. The van der Waals surface area contributed by atoms with E-state index in [1.54, 1.807) is 12.4 Å². The lowest BCUT2D eigenvalue weighted by molar-refractivity contribution is 0.306. The van der Waals surface area contributed by atoms with Gasteiger partial charge in [-0.15, -0.1) is 0 Å². The smallest absolute Gasteiger partial charge is 0.119 e. The third kappa shape index (κ3) is 4.51. The largest absolute Gasteiger partial charge is 0.489 e. The van der Waals surface area contributed by atoms with Gasteiger partial charge in [-0.25, -0.2) is 0 Å². The Labute approximate surface area is 124 Å². The minimum Gasteiger partial charge on any atom is -0.489 e. The van der Waals surface area contributed by atoms with Crippen LogP contribution in [0, 0.1) is 0 Å². The number of aromatic nitrogens is 1. The van der Waals surface area contributed by atoms with Crippen molar-refractivity contribution >= 4 is 11.6 Å². The summed E-state index contributed by atoms with van der Waals surface area (Å²) in [5, 5.41) is 4.01. The van der Waals surface area contributed by atoms with Gasteiger partial charge in [-0.1, -0.05) is 37.6 Å². The summed E-state index contributed by atoms with van der Waals surface area (Å²) in [5.74, 6) is 0.839. The summed E-state index contributed by atoms with van der Waals surface area (Å²) < 4.78 is 5.72. The summed E-state index contributed by atoms with van der Waals surface area (Å²) >= 11 is 6.04. The summed E-state index contributed by atoms with van der Waals surface area (Å²) in [5.41, 5.74) is 2.18. The molecule has 0 bridgehead atoms. The van der Waals surface area contributed by atoms with Gasteiger partial charge in [0.1, 0.15) is 12.4 Å². The number of nitrogens with zero attached hydrogens (tertiary/aromatic N) is 1. The summed E-state index contributed by atoms with van der Waals surface area (Å²) in [6.07, 6.45) is 3.34. The summed E-state index contributed by atoms with van der Waals surface area (Å²) in [4.78, 5) is 3.95. The average molecular weight is 291 g/mol. The van der Waals surface area contributed by atoms with Crippen molar-refractivity contribution in [1.82, 2.24) is 10.3 Å². The van der Waals surface area contributed by atoms with Crippen molar-refractivity contribution in [1.29, 1.82) is 0 Å². The molecule has 0 aliphatic rings. The molecule has 1 aromatic carbocycles. The first-order valence-corrected chi connectivity index (χ1v) is 7.06. The standard InChI is InChI=1S/C16H19ClN2O/c1-12(2)19-9-13-3-5-15(6-4-13)20-11-14-7-8-18-10-16(14)17/h3-8,10,12,19H,9,11H2,1-2H3. The molecule has 2 aromatic rings. The molecule has 0 aliphatic carbocycles. The SMILES string of the molecule is CC(C)NCc1ccc(OCc2ccncc2Cl)cc1. The molecular weight excluding hydrogens is 272 g/mol. The fourth-order valence-electron chi connectivity index (χ4n) is 1.71. The molecule has 4 heteroatoms. The van der Waals surface area contributed by atoms with Crippen LogP contribution in [0.25, 0.3) is 0 Å². The number of benzene rings is 1. The molecule has 0 saturated carbocycles. The molecule has 0 radical (unpaired) electrons. The summed E-state index contributed by atoms with van der Waals surface area (Å²) in [6, 6.07) is 10.4. The van der Waals surface area contributed by atoms with E-state index < -0.39 is 0 Å². The Morgan fingerprint density at radius 1 is 1.20 bits per heavy atom. The van der Waals surface area contributed by atoms with E-state index in [9.17, 15) is 0 Å². The number of nitrogens with one attached hydrogen (secondary N) is 1. The maximum absolute atomic E-state index is 6.04. The van der Waals surface area contributed by atoms with Gasteiger partial charge in [0, 0.05) is 30.5 Å². The van der Waals surface area contributed by atoms with E-state index in [-0.39, 0.29) is 0 Å². The van der Waals surface area contributed by atoms with Gasteiger partial charge < -0.3 is 10.1 Å². The van der Waals surface area contributed by atoms with Gasteiger partial charge in [0.05, 0.1) is 5.02 Å². The highest BCUT2D eigenvalue weighted by Gasteiger charge is 2.01. The number of hydrogen-bond acceptors (Lipinski definition) is 3. The number of ether oxygens (including phenoxy) is 1. The first kappa shape index (κ1) is 14.8. The third-order valence-electron chi connectivity index (χ3n) is 2.89. The third-order valence-corrected chi connectivity index (χ3v) is 3.23. The van der Waals surface area contributed by atoms with Crippen LogP contribution < -0.4 is 10.1 Å². The lowest BCUT2D eigenvalue weighted by atomic mass is 10.2. The zero-order valence-corrected chi connectivity index (χ0v) is 12.5. The molecule has 1 aromatic heterocycles. The van der Waals surface area contributed by atoms with E-state index in [4.69, 9.17) is 16.3 Å². The Bertz CT molecular complexity index is 540.